The molecule has 68 valence electrons. The summed E-state index contributed by atoms with van der Waals surface area (Å²) in [6, 6.07) is 0. The Morgan fingerprint density at radius 1 is 1.42 bits per heavy atom. The lowest BCUT2D eigenvalue weighted by atomic mass is 9.46. The number of Topliss-reactive ketones (excluding diaryl/α,β-unsaturated/α-hetero) is 1. The van der Waals surface area contributed by atoms with Gasteiger partial charge < -0.3 is 5.11 Å². The standard InChI is InChI=1S/C10H16O2/c1-7-8(11)9(2)5-3-4-6-10(7,9)12/h7,12H,3-6H2,1-2H3. The van der Waals surface area contributed by atoms with E-state index in [2.05, 4.69) is 0 Å². The highest BCUT2D eigenvalue weighted by molar-refractivity contribution is 5.96. The van der Waals surface area contributed by atoms with Crippen LogP contribution in [0.15, 0.2) is 0 Å². The van der Waals surface area contributed by atoms with Gasteiger partial charge in [0.2, 0.25) is 0 Å². The number of aliphatic hydroxyl groups is 1. The van der Waals surface area contributed by atoms with Gasteiger partial charge in [-0.3, -0.25) is 4.79 Å². The van der Waals surface area contributed by atoms with Crippen molar-refractivity contribution < 1.29 is 9.90 Å². The van der Waals surface area contributed by atoms with Crippen LogP contribution in [0.1, 0.15) is 39.5 Å². The summed E-state index contributed by atoms with van der Waals surface area (Å²) in [7, 11) is 0. The number of hydrogen-bond donors (Lipinski definition) is 1. The monoisotopic (exact) mass is 168 g/mol. The Labute approximate surface area is 73.0 Å². The van der Waals surface area contributed by atoms with Gasteiger partial charge in [0.25, 0.3) is 0 Å². The van der Waals surface area contributed by atoms with Crippen LogP contribution in [0.4, 0.5) is 0 Å². The molecule has 2 heteroatoms. The summed E-state index contributed by atoms with van der Waals surface area (Å²) in [6.45, 7) is 3.78. The Kier molecular flexibility index (Phi) is 1.45. The molecule has 0 heterocycles. The number of ketones is 1. The minimum absolute atomic E-state index is 0.122. The molecule has 0 radical (unpaired) electrons. The highest BCUT2D eigenvalue weighted by Gasteiger charge is 2.67. The molecule has 2 nitrogen and oxygen atoms in total. The molecule has 2 saturated carbocycles. The van der Waals surface area contributed by atoms with Crippen molar-refractivity contribution in [1.29, 1.82) is 0 Å². The Bertz CT molecular complexity index is 236. The van der Waals surface area contributed by atoms with Crippen molar-refractivity contribution in [3.63, 3.8) is 0 Å². The van der Waals surface area contributed by atoms with Crippen LogP contribution >= 0.6 is 0 Å². The van der Waals surface area contributed by atoms with E-state index < -0.39 is 11.0 Å². The van der Waals surface area contributed by atoms with Crippen molar-refractivity contribution >= 4 is 5.78 Å². The lowest BCUT2D eigenvalue weighted by Crippen LogP contribution is -2.70. The molecule has 0 aliphatic heterocycles. The van der Waals surface area contributed by atoms with E-state index in [4.69, 9.17) is 0 Å². The van der Waals surface area contributed by atoms with Gasteiger partial charge in [0.15, 0.2) is 0 Å². The summed E-state index contributed by atoms with van der Waals surface area (Å²) < 4.78 is 0. The second-order valence-electron chi connectivity index (χ2n) is 4.55. The highest BCUT2D eigenvalue weighted by atomic mass is 16.3. The maximum atomic E-state index is 11.6. The molecule has 3 atom stereocenters. The number of fused-ring (bicyclic) bond motifs is 1. The van der Waals surface area contributed by atoms with Gasteiger partial charge in [0, 0.05) is 5.92 Å². The molecule has 0 aromatic rings. The second-order valence-corrected chi connectivity index (χ2v) is 4.55. The summed E-state index contributed by atoms with van der Waals surface area (Å²) in [5.74, 6) is 0.146. The van der Waals surface area contributed by atoms with Gasteiger partial charge >= 0.3 is 0 Å². The molecule has 0 aromatic carbocycles. The van der Waals surface area contributed by atoms with Crippen LogP contribution in [-0.4, -0.2) is 16.5 Å². The summed E-state index contributed by atoms with van der Waals surface area (Å²) in [5.41, 5.74) is -1.06. The van der Waals surface area contributed by atoms with Crippen molar-refractivity contribution in [2.24, 2.45) is 11.3 Å². The number of carbonyl (C=O) groups excluding carboxylic acids is 1. The second kappa shape index (κ2) is 2.11. The van der Waals surface area contributed by atoms with E-state index in [1.807, 2.05) is 13.8 Å². The van der Waals surface area contributed by atoms with Crippen molar-refractivity contribution in [3.05, 3.63) is 0 Å². The van der Waals surface area contributed by atoms with Crippen LogP contribution in [0.3, 0.4) is 0 Å². The third-order valence-electron chi connectivity index (χ3n) is 4.09. The fourth-order valence-corrected chi connectivity index (χ4v) is 3.01. The minimum atomic E-state index is -0.664. The van der Waals surface area contributed by atoms with Crippen molar-refractivity contribution in [2.75, 3.05) is 0 Å². The van der Waals surface area contributed by atoms with Crippen LogP contribution in [0.5, 0.6) is 0 Å². The highest BCUT2D eigenvalue weighted by Crippen LogP contribution is 2.58. The first-order valence-corrected chi connectivity index (χ1v) is 4.79. The summed E-state index contributed by atoms with van der Waals surface area (Å²) in [6.07, 6.45) is 3.87. The van der Waals surface area contributed by atoms with E-state index in [1.54, 1.807) is 0 Å². The van der Waals surface area contributed by atoms with Crippen LogP contribution in [0.25, 0.3) is 0 Å². The lowest BCUT2D eigenvalue weighted by molar-refractivity contribution is -0.212. The van der Waals surface area contributed by atoms with Gasteiger partial charge in [-0.25, -0.2) is 0 Å². The summed E-state index contributed by atoms with van der Waals surface area (Å²) in [5, 5.41) is 10.2. The van der Waals surface area contributed by atoms with Gasteiger partial charge in [-0.05, 0) is 19.8 Å². The Morgan fingerprint density at radius 2 is 2.00 bits per heavy atom. The van der Waals surface area contributed by atoms with E-state index in [9.17, 15) is 9.90 Å². The van der Waals surface area contributed by atoms with Crippen LogP contribution < -0.4 is 0 Å². The van der Waals surface area contributed by atoms with E-state index in [0.717, 1.165) is 25.7 Å². The summed E-state index contributed by atoms with van der Waals surface area (Å²) in [4.78, 5) is 11.6. The van der Waals surface area contributed by atoms with Gasteiger partial charge in [0.05, 0.1) is 11.0 Å². The number of rotatable bonds is 0. The molecular formula is C10H16O2. The van der Waals surface area contributed by atoms with Crippen molar-refractivity contribution in [2.45, 2.75) is 45.1 Å². The maximum absolute atomic E-state index is 11.6. The summed E-state index contributed by atoms with van der Waals surface area (Å²) >= 11 is 0. The molecular weight excluding hydrogens is 152 g/mol. The molecule has 0 aromatic heterocycles. The third kappa shape index (κ3) is 0.634. The quantitative estimate of drug-likeness (QED) is 0.595. The van der Waals surface area contributed by atoms with Crippen molar-refractivity contribution in [3.8, 4) is 0 Å². The largest absolute Gasteiger partial charge is 0.388 e. The molecule has 2 aliphatic rings. The number of carbonyl (C=O) groups is 1. The normalized spacial score (nSPS) is 52.9. The van der Waals surface area contributed by atoms with E-state index in [1.165, 1.54) is 0 Å². The van der Waals surface area contributed by atoms with E-state index >= 15 is 0 Å². The Morgan fingerprint density at radius 3 is 2.58 bits per heavy atom. The molecule has 1 N–H and O–H groups in total. The topological polar surface area (TPSA) is 37.3 Å². The SMILES string of the molecule is CC1C(=O)C2(C)CCCCC12O. The van der Waals surface area contributed by atoms with Gasteiger partial charge in [0.1, 0.15) is 5.78 Å². The molecule has 0 bridgehead atoms. The first-order chi connectivity index (χ1) is 5.52. The fourth-order valence-electron chi connectivity index (χ4n) is 3.01. The molecule has 2 rings (SSSR count). The number of hydrogen-bond acceptors (Lipinski definition) is 2. The van der Waals surface area contributed by atoms with Crippen LogP contribution in [0.2, 0.25) is 0 Å². The molecule has 0 amide bonds. The zero-order chi connectivity index (χ0) is 8.98. The average Bonchev–Trinajstić information content (AvgIpc) is 2.08. The van der Waals surface area contributed by atoms with Gasteiger partial charge in [-0.15, -0.1) is 0 Å². The maximum Gasteiger partial charge on any atom is 0.147 e. The molecule has 3 unspecified atom stereocenters. The van der Waals surface area contributed by atoms with Gasteiger partial charge in [-0.1, -0.05) is 19.8 Å². The fraction of sp³-hybridized carbons (Fsp3) is 0.900. The molecule has 2 fully saturated rings. The first-order valence-electron chi connectivity index (χ1n) is 4.79. The van der Waals surface area contributed by atoms with Crippen LogP contribution in [-0.2, 0) is 4.79 Å². The zero-order valence-electron chi connectivity index (χ0n) is 7.76. The molecule has 0 spiro atoms. The zero-order valence-corrected chi connectivity index (χ0v) is 7.76. The van der Waals surface area contributed by atoms with E-state index in [-0.39, 0.29) is 11.7 Å². The molecule has 0 saturated heterocycles. The Hall–Kier alpha value is -0.370. The van der Waals surface area contributed by atoms with Crippen molar-refractivity contribution in [1.82, 2.24) is 0 Å². The predicted octanol–water partition coefficient (Wildman–Crippen LogP) is 1.52. The lowest BCUT2D eigenvalue weighted by Gasteiger charge is -2.60. The Balaban J connectivity index is 2.33. The minimum Gasteiger partial charge on any atom is -0.388 e. The molecule has 12 heavy (non-hydrogen) atoms. The molecule has 2 aliphatic carbocycles. The smallest absolute Gasteiger partial charge is 0.147 e. The van der Waals surface area contributed by atoms with Crippen LogP contribution in [0, 0.1) is 11.3 Å². The van der Waals surface area contributed by atoms with Gasteiger partial charge in [-0.2, -0.15) is 0 Å². The third-order valence-corrected chi connectivity index (χ3v) is 4.09. The van der Waals surface area contributed by atoms with E-state index in [0.29, 0.717) is 0 Å². The predicted molar refractivity (Wildman–Crippen MR) is 45.7 cm³/mol. The average molecular weight is 168 g/mol. The first kappa shape index (κ1) is 8.24.